The molecule has 3 nitrogen and oxygen atoms in total. The molecule has 1 amide bonds. The molecule has 1 aromatic rings. The molecule has 0 aromatic carbocycles. The van der Waals surface area contributed by atoms with E-state index >= 15 is 0 Å². The number of carbonyl (C=O) groups is 1. The van der Waals surface area contributed by atoms with Crippen LogP contribution in [0.3, 0.4) is 0 Å². The minimum Gasteiger partial charge on any atom is -0.396 e. The molecule has 2 unspecified atom stereocenters. The lowest BCUT2D eigenvalue weighted by atomic mass is 9.44. The van der Waals surface area contributed by atoms with Crippen LogP contribution in [-0.4, -0.2) is 23.7 Å². The second kappa shape index (κ2) is 8.53. The zero-order valence-corrected chi connectivity index (χ0v) is 17.4. The quantitative estimate of drug-likeness (QED) is 0.716. The van der Waals surface area contributed by atoms with Crippen molar-refractivity contribution in [3.05, 3.63) is 34.5 Å². The summed E-state index contributed by atoms with van der Waals surface area (Å²) in [5.41, 5.74) is 1.84. The number of aliphatic hydroxyl groups excluding tert-OH is 1. The zero-order valence-electron chi connectivity index (χ0n) is 16.5. The van der Waals surface area contributed by atoms with Crippen molar-refractivity contribution < 1.29 is 9.90 Å². The van der Waals surface area contributed by atoms with Crippen LogP contribution >= 0.6 is 11.3 Å². The number of rotatable bonds is 6. The van der Waals surface area contributed by atoms with Gasteiger partial charge in [-0.15, -0.1) is 11.3 Å². The molecule has 0 saturated heterocycles. The lowest BCUT2D eigenvalue weighted by Gasteiger charge is -2.62. The molecule has 3 aliphatic rings. The van der Waals surface area contributed by atoms with Gasteiger partial charge in [0.15, 0.2) is 0 Å². The third-order valence-corrected chi connectivity index (χ3v) is 7.36. The molecule has 0 radical (unpaired) electrons. The van der Waals surface area contributed by atoms with E-state index < -0.39 is 0 Å². The number of hydrogen-bond acceptors (Lipinski definition) is 3. The highest BCUT2D eigenvalue weighted by Gasteiger charge is 2.57. The highest BCUT2D eigenvalue weighted by molar-refractivity contribution is 7.11. The summed E-state index contributed by atoms with van der Waals surface area (Å²) in [6.07, 6.45) is 6.57. The number of thiophene rings is 1. The first-order valence-electron chi connectivity index (χ1n) is 9.72. The molecule has 4 heteroatoms. The molecule has 4 atom stereocenters. The first kappa shape index (κ1) is 20.9. The standard InChI is InChI=1S/C20H27NO2S.C2H6/c1-5-14-15(11-24-17(14)6-2)19(23)21-18-12(7-8-22)9-13-10-16(18)20(13,3)4;1-2/h5-6,11-13,16,18,22H,1-2,7-10H2,3-4H3,(H,21,23);1-2H3/t12?,13-,16?,18+;/m0./s1. The van der Waals surface area contributed by atoms with Crippen LogP contribution in [0, 0.1) is 23.2 Å². The first-order chi connectivity index (χ1) is 12.4. The fourth-order valence-electron chi connectivity index (χ4n) is 4.74. The molecule has 4 rings (SSSR count). The largest absolute Gasteiger partial charge is 0.396 e. The van der Waals surface area contributed by atoms with Crippen LogP contribution in [0.2, 0.25) is 0 Å². The maximum absolute atomic E-state index is 12.9. The highest BCUT2D eigenvalue weighted by atomic mass is 32.1. The molecule has 2 bridgehead atoms. The molecule has 144 valence electrons. The smallest absolute Gasteiger partial charge is 0.252 e. The Morgan fingerprint density at radius 1 is 1.35 bits per heavy atom. The summed E-state index contributed by atoms with van der Waals surface area (Å²) in [6.45, 7) is 16.5. The van der Waals surface area contributed by atoms with Crippen molar-refractivity contribution in [2.75, 3.05) is 6.61 Å². The van der Waals surface area contributed by atoms with Gasteiger partial charge in [-0.25, -0.2) is 0 Å². The van der Waals surface area contributed by atoms with Gasteiger partial charge >= 0.3 is 0 Å². The molecule has 0 spiro atoms. The Bertz CT molecular complexity index is 661. The van der Waals surface area contributed by atoms with Crippen LogP contribution in [0.5, 0.6) is 0 Å². The van der Waals surface area contributed by atoms with Gasteiger partial charge in [-0.1, -0.05) is 53.0 Å². The summed E-state index contributed by atoms with van der Waals surface area (Å²) < 4.78 is 0. The van der Waals surface area contributed by atoms with E-state index in [0.717, 1.165) is 29.2 Å². The van der Waals surface area contributed by atoms with Crippen LogP contribution in [0.1, 0.15) is 67.8 Å². The number of aliphatic hydroxyl groups is 1. The number of carbonyl (C=O) groups excluding carboxylic acids is 1. The Labute approximate surface area is 162 Å². The van der Waals surface area contributed by atoms with Gasteiger partial charge in [-0.2, -0.15) is 0 Å². The summed E-state index contributed by atoms with van der Waals surface area (Å²) in [4.78, 5) is 13.9. The molecule has 26 heavy (non-hydrogen) atoms. The average molecular weight is 376 g/mol. The lowest BCUT2D eigenvalue weighted by Crippen LogP contribution is -2.63. The van der Waals surface area contributed by atoms with Crippen LogP contribution in [0.4, 0.5) is 0 Å². The van der Waals surface area contributed by atoms with Gasteiger partial charge in [0.25, 0.3) is 5.91 Å². The van der Waals surface area contributed by atoms with Crippen molar-refractivity contribution in [2.45, 2.75) is 53.0 Å². The fraction of sp³-hybridized carbons (Fsp3) is 0.591. The minimum absolute atomic E-state index is 0.0247. The average Bonchev–Trinajstić information content (AvgIpc) is 3.07. The predicted molar refractivity (Wildman–Crippen MR) is 112 cm³/mol. The van der Waals surface area contributed by atoms with Gasteiger partial charge in [0.1, 0.15) is 0 Å². The number of fused-ring (bicyclic) bond motifs is 2. The van der Waals surface area contributed by atoms with Crippen LogP contribution in [0.25, 0.3) is 12.2 Å². The predicted octanol–water partition coefficient (Wildman–Crippen LogP) is 5.22. The third kappa shape index (κ3) is 3.54. The Morgan fingerprint density at radius 2 is 2.04 bits per heavy atom. The Hall–Kier alpha value is -1.39. The van der Waals surface area contributed by atoms with Gasteiger partial charge in [0, 0.05) is 28.5 Å². The molecule has 1 aromatic heterocycles. The number of hydrogen-bond donors (Lipinski definition) is 2. The first-order valence-corrected chi connectivity index (χ1v) is 10.6. The maximum atomic E-state index is 12.9. The number of amides is 1. The Balaban J connectivity index is 0.00000117. The third-order valence-electron chi connectivity index (χ3n) is 6.37. The topological polar surface area (TPSA) is 49.3 Å². The zero-order chi connectivity index (χ0) is 19.5. The molecular weight excluding hydrogens is 342 g/mol. The van der Waals surface area contributed by atoms with E-state index in [1.807, 2.05) is 19.2 Å². The van der Waals surface area contributed by atoms with E-state index in [-0.39, 0.29) is 24.0 Å². The van der Waals surface area contributed by atoms with E-state index in [1.54, 1.807) is 12.2 Å². The summed E-state index contributed by atoms with van der Waals surface area (Å²) in [7, 11) is 0. The molecular formula is C22H33NO2S. The van der Waals surface area contributed by atoms with E-state index in [9.17, 15) is 9.90 Å². The molecule has 3 saturated carbocycles. The van der Waals surface area contributed by atoms with Crippen molar-refractivity contribution >= 4 is 29.4 Å². The van der Waals surface area contributed by atoms with Gasteiger partial charge in [0.05, 0.1) is 5.56 Å². The summed E-state index contributed by atoms with van der Waals surface area (Å²) in [5.74, 6) is 1.58. The van der Waals surface area contributed by atoms with E-state index in [2.05, 4.69) is 32.3 Å². The second-order valence-corrected chi connectivity index (χ2v) is 8.61. The molecule has 1 heterocycles. The second-order valence-electron chi connectivity index (χ2n) is 7.70. The molecule has 2 N–H and O–H groups in total. The van der Waals surface area contributed by atoms with Crippen molar-refractivity contribution in [3.8, 4) is 0 Å². The van der Waals surface area contributed by atoms with Crippen molar-refractivity contribution in [1.82, 2.24) is 5.32 Å². The molecule has 0 aliphatic heterocycles. The molecule has 3 fully saturated rings. The minimum atomic E-state index is -0.0247. The maximum Gasteiger partial charge on any atom is 0.252 e. The van der Waals surface area contributed by atoms with Crippen molar-refractivity contribution in [1.29, 1.82) is 0 Å². The van der Waals surface area contributed by atoms with E-state index in [0.29, 0.717) is 17.4 Å². The van der Waals surface area contributed by atoms with Gasteiger partial charge < -0.3 is 10.4 Å². The van der Waals surface area contributed by atoms with Crippen LogP contribution in [0.15, 0.2) is 18.5 Å². The van der Waals surface area contributed by atoms with Crippen LogP contribution in [-0.2, 0) is 0 Å². The summed E-state index contributed by atoms with van der Waals surface area (Å²) in [6, 6.07) is 0.148. The normalized spacial score (nSPS) is 28.2. The SMILES string of the molecule is C=Cc1scc(C(=O)N[C@@H]2C(CCO)C[C@H]3CC2C3(C)C)c1C=C.CC. The van der Waals surface area contributed by atoms with Crippen LogP contribution < -0.4 is 5.32 Å². The Morgan fingerprint density at radius 3 is 2.58 bits per heavy atom. The van der Waals surface area contributed by atoms with Gasteiger partial charge in [-0.3, -0.25) is 4.79 Å². The summed E-state index contributed by atoms with van der Waals surface area (Å²) in [5, 5.41) is 14.6. The monoisotopic (exact) mass is 375 g/mol. The number of nitrogens with one attached hydrogen (secondary N) is 1. The molecule has 3 aliphatic carbocycles. The van der Waals surface area contributed by atoms with Gasteiger partial charge in [-0.05, 0) is 42.4 Å². The van der Waals surface area contributed by atoms with Crippen molar-refractivity contribution in [2.24, 2.45) is 23.2 Å². The lowest BCUT2D eigenvalue weighted by molar-refractivity contribution is -0.114. The summed E-state index contributed by atoms with van der Waals surface area (Å²) >= 11 is 1.52. The fourth-order valence-corrected chi connectivity index (χ4v) is 5.64. The highest BCUT2D eigenvalue weighted by Crippen LogP contribution is 2.61. The Kier molecular flexibility index (Phi) is 6.86. The van der Waals surface area contributed by atoms with E-state index in [1.165, 1.54) is 17.8 Å². The van der Waals surface area contributed by atoms with Crippen molar-refractivity contribution in [3.63, 3.8) is 0 Å². The van der Waals surface area contributed by atoms with E-state index in [4.69, 9.17) is 0 Å². The van der Waals surface area contributed by atoms with Gasteiger partial charge in [0.2, 0.25) is 0 Å².